The molecule has 152 valence electrons. The first-order valence-electron chi connectivity index (χ1n) is 10.6. The third kappa shape index (κ3) is 3.79. The van der Waals surface area contributed by atoms with Gasteiger partial charge in [0.1, 0.15) is 0 Å². The van der Waals surface area contributed by atoms with Crippen LogP contribution in [0.3, 0.4) is 0 Å². The summed E-state index contributed by atoms with van der Waals surface area (Å²) in [5.41, 5.74) is 0.795. The molecule has 0 saturated carbocycles. The standard InChI is InChI=1S/C24H29N3O2/c1-2-21-15-9-10-16-26(21)18-27-22(28)24(25-23(27)29,20-13-7-4-8-14-20)17-19-11-5-3-6-12-19/h3-8,11-14,21H,2,9-10,15-18H2,1H3,(H,25,29)/t21-,24+/m1/s1. The maximum absolute atomic E-state index is 13.7. The molecule has 0 spiro atoms. The molecule has 5 nitrogen and oxygen atoms in total. The molecule has 2 saturated heterocycles. The number of hydrogen-bond acceptors (Lipinski definition) is 3. The lowest BCUT2D eigenvalue weighted by Crippen LogP contribution is -2.49. The fraction of sp³-hybridized carbons (Fsp3) is 0.417. The molecule has 2 atom stereocenters. The number of carbonyl (C=O) groups is 2. The number of carbonyl (C=O) groups excluding carboxylic acids is 2. The van der Waals surface area contributed by atoms with Crippen molar-refractivity contribution in [2.45, 2.75) is 50.6 Å². The maximum Gasteiger partial charge on any atom is 0.326 e. The van der Waals surface area contributed by atoms with E-state index in [0.29, 0.717) is 19.1 Å². The highest BCUT2D eigenvalue weighted by molar-refractivity contribution is 6.07. The van der Waals surface area contributed by atoms with Crippen LogP contribution in [0.2, 0.25) is 0 Å². The highest BCUT2D eigenvalue weighted by atomic mass is 16.2. The molecule has 0 unspecified atom stereocenters. The van der Waals surface area contributed by atoms with Gasteiger partial charge in [0.15, 0.2) is 5.54 Å². The summed E-state index contributed by atoms with van der Waals surface area (Å²) < 4.78 is 0. The monoisotopic (exact) mass is 391 g/mol. The van der Waals surface area contributed by atoms with E-state index in [4.69, 9.17) is 0 Å². The fourth-order valence-electron chi connectivity index (χ4n) is 4.69. The largest absolute Gasteiger partial charge is 0.326 e. The average molecular weight is 392 g/mol. The van der Waals surface area contributed by atoms with Crippen LogP contribution in [-0.4, -0.2) is 41.0 Å². The number of hydrogen-bond donors (Lipinski definition) is 1. The van der Waals surface area contributed by atoms with Gasteiger partial charge in [-0.25, -0.2) is 9.69 Å². The lowest BCUT2D eigenvalue weighted by atomic mass is 9.83. The summed E-state index contributed by atoms with van der Waals surface area (Å²) >= 11 is 0. The van der Waals surface area contributed by atoms with E-state index >= 15 is 0 Å². The number of nitrogens with zero attached hydrogens (tertiary/aromatic N) is 2. The van der Waals surface area contributed by atoms with Gasteiger partial charge in [-0.15, -0.1) is 0 Å². The van der Waals surface area contributed by atoms with E-state index < -0.39 is 5.54 Å². The summed E-state index contributed by atoms with van der Waals surface area (Å²) in [5, 5.41) is 3.07. The van der Waals surface area contributed by atoms with Gasteiger partial charge in [-0.3, -0.25) is 9.69 Å². The lowest BCUT2D eigenvalue weighted by Gasteiger charge is -2.37. The molecule has 2 aromatic rings. The van der Waals surface area contributed by atoms with Crippen molar-refractivity contribution < 1.29 is 9.59 Å². The van der Waals surface area contributed by atoms with Crippen LogP contribution in [0.4, 0.5) is 4.79 Å². The number of imide groups is 1. The quantitative estimate of drug-likeness (QED) is 0.760. The minimum absolute atomic E-state index is 0.155. The second-order valence-corrected chi connectivity index (χ2v) is 8.11. The van der Waals surface area contributed by atoms with Crippen LogP contribution in [0.25, 0.3) is 0 Å². The zero-order valence-corrected chi connectivity index (χ0v) is 17.0. The molecule has 1 N–H and O–H groups in total. The molecule has 2 aliphatic rings. The van der Waals surface area contributed by atoms with Gasteiger partial charge in [0.2, 0.25) is 0 Å². The first-order valence-corrected chi connectivity index (χ1v) is 10.6. The predicted molar refractivity (Wildman–Crippen MR) is 113 cm³/mol. The first-order chi connectivity index (χ1) is 14.1. The second kappa shape index (κ2) is 8.37. The van der Waals surface area contributed by atoms with Crippen LogP contribution in [-0.2, 0) is 16.8 Å². The Labute approximate surface area is 172 Å². The molecule has 3 amide bonds. The molecule has 2 aliphatic heterocycles. The van der Waals surface area contributed by atoms with Crippen molar-refractivity contribution >= 4 is 11.9 Å². The van der Waals surface area contributed by atoms with Gasteiger partial charge in [-0.1, -0.05) is 74.0 Å². The Bertz CT molecular complexity index is 855. The minimum atomic E-state index is -1.06. The van der Waals surface area contributed by atoms with Gasteiger partial charge in [0.05, 0.1) is 6.67 Å². The molecule has 2 heterocycles. The first kappa shape index (κ1) is 19.6. The number of amides is 3. The Morgan fingerprint density at radius 3 is 2.38 bits per heavy atom. The summed E-state index contributed by atoms with van der Waals surface area (Å²) in [7, 11) is 0. The Hall–Kier alpha value is -2.66. The van der Waals surface area contributed by atoms with Crippen molar-refractivity contribution in [3.63, 3.8) is 0 Å². The van der Waals surface area contributed by atoms with Gasteiger partial charge >= 0.3 is 6.03 Å². The topological polar surface area (TPSA) is 52.6 Å². The molecule has 0 radical (unpaired) electrons. The summed E-state index contributed by atoms with van der Waals surface area (Å²) in [6, 6.07) is 19.7. The zero-order valence-electron chi connectivity index (χ0n) is 17.0. The Balaban J connectivity index is 1.65. The van der Waals surface area contributed by atoms with Gasteiger partial charge in [-0.2, -0.15) is 0 Å². The van der Waals surface area contributed by atoms with Crippen LogP contribution in [0.15, 0.2) is 60.7 Å². The van der Waals surface area contributed by atoms with Crippen molar-refractivity contribution in [1.82, 2.24) is 15.1 Å². The van der Waals surface area contributed by atoms with Crippen molar-refractivity contribution in [3.05, 3.63) is 71.8 Å². The summed E-state index contributed by atoms with van der Waals surface area (Å²) in [6.07, 6.45) is 4.95. The lowest BCUT2D eigenvalue weighted by molar-refractivity contribution is -0.133. The maximum atomic E-state index is 13.7. The van der Waals surface area contributed by atoms with Crippen molar-refractivity contribution in [3.8, 4) is 0 Å². The Morgan fingerprint density at radius 1 is 1.00 bits per heavy atom. The van der Waals surface area contributed by atoms with E-state index in [0.717, 1.165) is 36.9 Å². The Kier molecular flexibility index (Phi) is 5.67. The molecule has 29 heavy (non-hydrogen) atoms. The van der Waals surface area contributed by atoms with Crippen LogP contribution >= 0.6 is 0 Å². The van der Waals surface area contributed by atoms with E-state index in [2.05, 4.69) is 17.1 Å². The average Bonchev–Trinajstić information content (AvgIpc) is 3.00. The second-order valence-electron chi connectivity index (χ2n) is 8.11. The molecule has 4 rings (SSSR count). The van der Waals surface area contributed by atoms with E-state index in [1.807, 2.05) is 60.7 Å². The Morgan fingerprint density at radius 2 is 1.69 bits per heavy atom. The number of urea groups is 1. The summed E-state index contributed by atoms with van der Waals surface area (Å²) in [6.45, 7) is 3.48. The third-order valence-electron chi connectivity index (χ3n) is 6.30. The molecular weight excluding hydrogens is 362 g/mol. The van der Waals surface area contributed by atoms with Crippen LogP contribution in [0.1, 0.15) is 43.7 Å². The SMILES string of the molecule is CC[C@@H]1CCCCN1CN1C(=O)N[C@@](Cc2ccccc2)(c2ccccc2)C1=O. The number of piperidine rings is 1. The van der Waals surface area contributed by atoms with Gasteiger partial charge in [0, 0.05) is 19.0 Å². The van der Waals surface area contributed by atoms with E-state index in [1.54, 1.807) is 0 Å². The molecule has 2 fully saturated rings. The van der Waals surface area contributed by atoms with E-state index in [9.17, 15) is 9.59 Å². The van der Waals surface area contributed by atoms with Crippen LogP contribution < -0.4 is 5.32 Å². The van der Waals surface area contributed by atoms with Gasteiger partial charge in [0.25, 0.3) is 5.91 Å². The molecule has 0 aromatic heterocycles. The third-order valence-corrected chi connectivity index (χ3v) is 6.30. The fourth-order valence-corrected chi connectivity index (χ4v) is 4.69. The predicted octanol–water partition coefficient (Wildman–Crippen LogP) is 3.90. The number of rotatable bonds is 6. The highest BCUT2D eigenvalue weighted by Crippen LogP contribution is 2.33. The molecular formula is C24H29N3O2. The molecule has 0 bridgehead atoms. The van der Waals surface area contributed by atoms with E-state index in [-0.39, 0.29) is 11.9 Å². The smallest absolute Gasteiger partial charge is 0.319 e. The molecule has 5 heteroatoms. The highest BCUT2D eigenvalue weighted by Gasteiger charge is 2.52. The molecule has 0 aliphatic carbocycles. The van der Waals surface area contributed by atoms with Gasteiger partial charge in [-0.05, 0) is 30.4 Å². The van der Waals surface area contributed by atoms with Gasteiger partial charge < -0.3 is 5.32 Å². The van der Waals surface area contributed by atoms with Crippen molar-refractivity contribution in [2.24, 2.45) is 0 Å². The summed E-state index contributed by atoms with van der Waals surface area (Å²) in [5.74, 6) is -0.155. The zero-order chi connectivity index (χ0) is 20.3. The number of nitrogens with one attached hydrogen (secondary N) is 1. The van der Waals surface area contributed by atoms with Crippen LogP contribution in [0, 0.1) is 0 Å². The van der Waals surface area contributed by atoms with Crippen molar-refractivity contribution in [2.75, 3.05) is 13.2 Å². The van der Waals surface area contributed by atoms with Crippen molar-refractivity contribution in [1.29, 1.82) is 0 Å². The number of likely N-dealkylation sites (tertiary alicyclic amines) is 1. The normalized spacial score (nSPS) is 25.3. The number of benzene rings is 2. The molecule has 2 aromatic carbocycles. The van der Waals surface area contributed by atoms with E-state index in [1.165, 1.54) is 11.3 Å². The summed E-state index contributed by atoms with van der Waals surface area (Å²) in [4.78, 5) is 30.4. The minimum Gasteiger partial charge on any atom is -0.319 e. The van der Waals surface area contributed by atoms with Crippen LogP contribution in [0.5, 0.6) is 0 Å².